The molecule has 0 amide bonds. The molecule has 0 saturated carbocycles. The molecule has 0 aliphatic carbocycles. The minimum atomic E-state index is -0.491. The Kier molecular flexibility index (Phi) is 4.30. The Morgan fingerprint density at radius 2 is 2.16 bits per heavy atom. The lowest BCUT2D eigenvalue weighted by Gasteiger charge is -2.06. The van der Waals surface area contributed by atoms with Gasteiger partial charge in [-0.3, -0.25) is 10.1 Å². The molecule has 0 radical (unpaired) electrons. The number of nitrogens with one attached hydrogen (secondary N) is 2. The predicted octanol–water partition coefficient (Wildman–Crippen LogP) is 2.71. The molecule has 2 aromatic heterocycles. The zero-order valence-corrected chi connectivity index (χ0v) is 12.0. The highest BCUT2D eigenvalue weighted by Gasteiger charge is 2.10. The molecule has 0 fully saturated rings. The first-order chi connectivity index (χ1) is 9.08. The molecule has 2 rings (SSSR count). The molecule has 0 aliphatic rings. The van der Waals surface area contributed by atoms with Crippen LogP contribution >= 0.6 is 27.3 Å². The fraction of sp³-hybridized carbons (Fsp3) is 0.100. The summed E-state index contributed by atoms with van der Waals surface area (Å²) in [5.41, 5.74) is 2.23. The van der Waals surface area contributed by atoms with Crippen LogP contribution < -0.4 is 16.6 Å². The average Bonchev–Trinajstić information content (AvgIpc) is 2.81. The van der Waals surface area contributed by atoms with Gasteiger partial charge in [0.05, 0.1) is 27.4 Å². The molecule has 2 aromatic rings. The molecular weight excluding hydrogens is 334 g/mol. The highest BCUT2D eigenvalue weighted by molar-refractivity contribution is 9.11. The highest BCUT2D eigenvalue weighted by atomic mass is 79.9. The van der Waals surface area contributed by atoms with Crippen molar-refractivity contribution < 1.29 is 4.92 Å². The number of halogens is 1. The second-order valence-corrected chi connectivity index (χ2v) is 6.10. The Balaban J connectivity index is 2.15. The second kappa shape index (κ2) is 5.95. The Morgan fingerprint density at radius 3 is 2.74 bits per heavy atom. The summed E-state index contributed by atoms with van der Waals surface area (Å²) in [5, 5.41) is 13.8. The lowest BCUT2D eigenvalue weighted by Crippen LogP contribution is -2.10. The van der Waals surface area contributed by atoms with E-state index >= 15 is 0 Å². The second-order valence-electron chi connectivity index (χ2n) is 3.56. The summed E-state index contributed by atoms with van der Waals surface area (Å²) in [6.07, 6.45) is 0. The summed E-state index contributed by atoms with van der Waals surface area (Å²) in [5.74, 6) is 5.87. The van der Waals surface area contributed by atoms with E-state index in [0.717, 1.165) is 8.66 Å². The van der Waals surface area contributed by atoms with Gasteiger partial charge in [-0.1, -0.05) is 0 Å². The van der Waals surface area contributed by atoms with Crippen molar-refractivity contribution in [2.24, 2.45) is 5.84 Å². The maximum absolute atomic E-state index is 10.8. The first-order valence-electron chi connectivity index (χ1n) is 5.19. The number of pyridine rings is 1. The zero-order valence-electron chi connectivity index (χ0n) is 9.59. The van der Waals surface area contributed by atoms with Crippen LogP contribution in [0.3, 0.4) is 0 Å². The van der Waals surface area contributed by atoms with Gasteiger partial charge < -0.3 is 10.7 Å². The lowest BCUT2D eigenvalue weighted by atomic mass is 10.3. The molecule has 0 spiro atoms. The van der Waals surface area contributed by atoms with Gasteiger partial charge in [0.15, 0.2) is 0 Å². The van der Waals surface area contributed by atoms with Crippen LogP contribution in [-0.2, 0) is 6.54 Å². The van der Waals surface area contributed by atoms with E-state index in [1.807, 2.05) is 12.1 Å². The summed E-state index contributed by atoms with van der Waals surface area (Å²) < 4.78 is 1.03. The number of nitro groups is 1. The summed E-state index contributed by atoms with van der Waals surface area (Å²) >= 11 is 4.95. The first kappa shape index (κ1) is 13.7. The molecule has 0 atom stereocenters. The summed E-state index contributed by atoms with van der Waals surface area (Å²) in [7, 11) is 0. The van der Waals surface area contributed by atoms with Crippen molar-refractivity contribution in [3.05, 3.63) is 43.0 Å². The normalized spacial score (nSPS) is 10.2. The van der Waals surface area contributed by atoms with Crippen LogP contribution in [0.2, 0.25) is 0 Å². The van der Waals surface area contributed by atoms with Crippen molar-refractivity contribution >= 4 is 44.6 Å². The van der Waals surface area contributed by atoms with Crippen molar-refractivity contribution in [1.29, 1.82) is 0 Å². The van der Waals surface area contributed by atoms with Gasteiger partial charge >= 0.3 is 0 Å². The molecule has 0 aromatic carbocycles. The van der Waals surface area contributed by atoms with E-state index in [1.54, 1.807) is 11.3 Å². The summed E-state index contributed by atoms with van der Waals surface area (Å²) in [6, 6.07) is 6.53. The van der Waals surface area contributed by atoms with Crippen molar-refractivity contribution in [1.82, 2.24) is 4.98 Å². The third-order valence-corrected chi connectivity index (χ3v) is 3.87. The highest BCUT2D eigenvalue weighted by Crippen LogP contribution is 2.24. The van der Waals surface area contributed by atoms with Gasteiger partial charge in [-0.05, 0) is 28.1 Å². The van der Waals surface area contributed by atoms with Crippen molar-refractivity contribution in [2.45, 2.75) is 6.54 Å². The van der Waals surface area contributed by atoms with Crippen LogP contribution in [0.1, 0.15) is 4.88 Å². The molecule has 0 bridgehead atoms. The van der Waals surface area contributed by atoms with E-state index in [9.17, 15) is 10.1 Å². The number of hydrogen-bond acceptors (Lipinski definition) is 7. The maximum atomic E-state index is 10.8. The lowest BCUT2D eigenvalue weighted by molar-refractivity contribution is -0.384. The Morgan fingerprint density at radius 1 is 1.42 bits per heavy atom. The summed E-state index contributed by atoms with van der Waals surface area (Å²) in [4.78, 5) is 15.5. The fourth-order valence-corrected chi connectivity index (χ4v) is 2.83. The molecule has 2 heterocycles. The molecular formula is C10H10BrN5O2S. The molecule has 9 heteroatoms. The number of hydrazine groups is 1. The van der Waals surface area contributed by atoms with Gasteiger partial charge in [-0.25, -0.2) is 10.8 Å². The van der Waals surface area contributed by atoms with Gasteiger partial charge in [0.25, 0.3) is 5.69 Å². The molecule has 7 nitrogen and oxygen atoms in total. The SMILES string of the molecule is NNc1cc([N+](=O)[O-])cc(NCc2ccc(Br)s2)n1. The number of aromatic nitrogens is 1. The van der Waals surface area contributed by atoms with Crippen molar-refractivity contribution in [2.75, 3.05) is 10.7 Å². The van der Waals surface area contributed by atoms with E-state index in [4.69, 9.17) is 5.84 Å². The van der Waals surface area contributed by atoms with Crippen LogP contribution in [0.5, 0.6) is 0 Å². The minimum absolute atomic E-state index is 0.0715. The van der Waals surface area contributed by atoms with Crippen molar-refractivity contribution in [3.63, 3.8) is 0 Å². The zero-order chi connectivity index (χ0) is 13.8. The Labute approximate surface area is 121 Å². The maximum Gasteiger partial charge on any atom is 0.276 e. The Bertz CT molecular complexity index is 603. The number of nitrogen functional groups attached to an aromatic ring is 1. The van der Waals surface area contributed by atoms with Crippen LogP contribution in [0.4, 0.5) is 17.3 Å². The molecule has 100 valence electrons. The van der Waals surface area contributed by atoms with Gasteiger partial charge in [0, 0.05) is 4.88 Å². The largest absolute Gasteiger partial charge is 0.365 e. The fourth-order valence-electron chi connectivity index (χ4n) is 1.41. The van der Waals surface area contributed by atoms with Crippen LogP contribution in [0.15, 0.2) is 28.1 Å². The van der Waals surface area contributed by atoms with Gasteiger partial charge in [-0.15, -0.1) is 11.3 Å². The molecule has 0 aliphatic heterocycles. The van der Waals surface area contributed by atoms with Crippen LogP contribution in [0, 0.1) is 10.1 Å². The summed E-state index contributed by atoms with van der Waals surface area (Å²) in [6.45, 7) is 0.536. The van der Waals surface area contributed by atoms with E-state index in [2.05, 4.69) is 31.7 Å². The smallest absolute Gasteiger partial charge is 0.276 e. The minimum Gasteiger partial charge on any atom is -0.365 e. The number of rotatable bonds is 5. The number of anilines is 2. The molecule has 0 unspecified atom stereocenters. The van der Waals surface area contributed by atoms with Gasteiger partial charge in [0.1, 0.15) is 11.6 Å². The molecule has 4 N–H and O–H groups in total. The number of nitrogens with two attached hydrogens (primary N) is 1. The molecule has 0 saturated heterocycles. The standard InChI is InChI=1S/C10H10BrN5O2S/c11-8-2-1-7(19-8)5-13-9-3-6(16(17)18)4-10(14-9)15-12/h1-4H,5,12H2,(H2,13,14,15). The predicted molar refractivity (Wildman–Crippen MR) is 78.0 cm³/mol. The van der Waals surface area contributed by atoms with E-state index in [1.165, 1.54) is 12.1 Å². The third-order valence-electron chi connectivity index (χ3n) is 2.24. The number of nitrogens with zero attached hydrogens (tertiary/aromatic N) is 2. The topological polar surface area (TPSA) is 106 Å². The average molecular weight is 344 g/mol. The van der Waals surface area contributed by atoms with E-state index in [-0.39, 0.29) is 11.5 Å². The van der Waals surface area contributed by atoms with Crippen LogP contribution in [-0.4, -0.2) is 9.91 Å². The third kappa shape index (κ3) is 3.63. The Hall–Kier alpha value is -1.71. The van der Waals surface area contributed by atoms with Gasteiger partial charge in [0.2, 0.25) is 0 Å². The van der Waals surface area contributed by atoms with Crippen LogP contribution in [0.25, 0.3) is 0 Å². The van der Waals surface area contributed by atoms with Gasteiger partial charge in [-0.2, -0.15) is 0 Å². The number of thiophene rings is 1. The number of hydrogen-bond donors (Lipinski definition) is 3. The van der Waals surface area contributed by atoms with E-state index < -0.39 is 4.92 Å². The monoisotopic (exact) mass is 343 g/mol. The van der Waals surface area contributed by atoms with E-state index in [0.29, 0.717) is 12.4 Å². The first-order valence-corrected chi connectivity index (χ1v) is 6.80. The van der Waals surface area contributed by atoms with Crippen molar-refractivity contribution in [3.8, 4) is 0 Å². The quantitative estimate of drug-likeness (QED) is 0.437. The molecule has 19 heavy (non-hydrogen) atoms.